The molecule has 0 heterocycles. The van der Waals surface area contributed by atoms with Crippen molar-refractivity contribution in [2.24, 2.45) is 0 Å². The van der Waals surface area contributed by atoms with Crippen LogP contribution in [-0.2, 0) is 6.61 Å². The Hall–Kier alpha value is -1.76. The van der Waals surface area contributed by atoms with E-state index in [4.69, 9.17) is 11.7 Å². The lowest BCUT2D eigenvalue weighted by molar-refractivity contribution is 0.305. The van der Waals surface area contributed by atoms with Crippen molar-refractivity contribution in [3.8, 4) is 5.75 Å². The number of benzene rings is 2. The Balaban J connectivity index is 2.02. The second-order valence-corrected chi connectivity index (χ2v) is 3.81. The van der Waals surface area contributed by atoms with Crippen LogP contribution in [0.2, 0.25) is 0 Å². The maximum Gasteiger partial charge on any atom is 0.123 e. The molecule has 0 fully saturated rings. The lowest BCUT2D eigenvalue weighted by Crippen LogP contribution is -1.96. The van der Waals surface area contributed by atoms with E-state index in [1.54, 1.807) is 0 Å². The molecule has 2 radical (unpaired) electrons. The zero-order valence-corrected chi connectivity index (χ0v) is 9.31. The molecule has 0 spiro atoms. The molecular weight excluding hydrogens is 196 g/mol. The molecule has 2 rings (SSSR count). The van der Waals surface area contributed by atoms with Crippen molar-refractivity contribution in [3.63, 3.8) is 0 Å². The highest BCUT2D eigenvalue weighted by Crippen LogP contribution is 2.17. The first-order valence-corrected chi connectivity index (χ1v) is 5.28. The van der Waals surface area contributed by atoms with Crippen LogP contribution in [0.4, 0.5) is 0 Å². The van der Waals surface area contributed by atoms with E-state index in [1.165, 1.54) is 5.56 Å². The van der Waals surface area contributed by atoms with Crippen LogP contribution in [0.3, 0.4) is 0 Å². The van der Waals surface area contributed by atoms with Gasteiger partial charge in [-0.3, -0.25) is 0 Å². The summed E-state index contributed by atoms with van der Waals surface area (Å²) in [4.78, 5) is 0. The molecule has 80 valence electrons. The van der Waals surface area contributed by atoms with Gasteiger partial charge < -0.3 is 4.74 Å². The summed E-state index contributed by atoms with van der Waals surface area (Å²) in [7, 11) is 0. The van der Waals surface area contributed by atoms with Crippen molar-refractivity contribution in [3.05, 3.63) is 72.1 Å². The topological polar surface area (TPSA) is 9.23 Å². The van der Waals surface area contributed by atoms with E-state index in [1.807, 2.05) is 24.3 Å². The Kier molecular flexibility index (Phi) is 3.25. The monoisotopic (exact) mass is 210 g/mol. The number of rotatable bonds is 3. The fourth-order valence-electron chi connectivity index (χ4n) is 1.46. The van der Waals surface area contributed by atoms with Gasteiger partial charge in [0.05, 0.1) is 0 Å². The molecule has 2 aromatic carbocycles. The van der Waals surface area contributed by atoms with Gasteiger partial charge in [0, 0.05) is 6.92 Å². The Bertz CT molecular complexity index is 457. The number of ether oxygens (including phenoxy) is 1. The van der Waals surface area contributed by atoms with Crippen LogP contribution in [0.5, 0.6) is 5.75 Å². The maximum absolute atomic E-state index is 5.78. The van der Waals surface area contributed by atoms with E-state index in [0.717, 1.165) is 11.3 Å². The highest BCUT2D eigenvalue weighted by Gasteiger charge is 1.98. The van der Waals surface area contributed by atoms with Gasteiger partial charge in [-0.05, 0) is 24.1 Å². The van der Waals surface area contributed by atoms with E-state index in [-0.39, 0.29) is 0 Å². The van der Waals surface area contributed by atoms with Gasteiger partial charge in [0.15, 0.2) is 0 Å². The molecule has 0 N–H and O–H groups in total. The standard InChI is InChI=1S/C15H14O/c1-12-7-9-14(10-8-12)11-16-15-6-4-3-5-13(15)2/h2-10H,11H2,1H3. The third-order valence-corrected chi connectivity index (χ3v) is 2.43. The summed E-state index contributed by atoms with van der Waals surface area (Å²) in [6.45, 7) is 8.40. The zero-order valence-electron chi connectivity index (χ0n) is 9.31. The molecule has 0 saturated carbocycles. The van der Waals surface area contributed by atoms with Gasteiger partial charge in [0.1, 0.15) is 12.4 Å². The fourth-order valence-corrected chi connectivity index (χ4v) is 1.46. The first kappa shape index (κ1) is 10.7. The molecule has 0 amide bonds. The Morgan fingerprint density at radius 3 is 2.38 bits per heavy atom. The molecule has 0 saturated heterocycles. The predicted octanol–water partition coefficient (Wildman–Crippen LogP) is 3.63. The first-order valence-electron chi connectivity index (χ1n) is 5.28. The summed E-state index contributed by atoms with van der Waals surface area (Å²) in [5, 5.41) is 0. The first-order chi connectivity index (χ1) is 7.75. The molecule has 1 heteroatoms. The molecule has 2 aromatic rings. The summed E-state index contributed by atoms with van der Waals surface area (Å²) in [5.74, 6) is 0.739. The van der Waals surface area contributed by atoms with E-state index in [0.29, 0.717) is 12.2 Å². The second-order valence-electron chi connectivity index (χ2n) is 3.81. The van der Waals surface area contributed by atoms with Crippen molar-refractivity contribution in [1.82, 2.24) is 0 Å². The largest absolute Gasteiger partial charge is 0.489 e. The van der Waals surface area contributed by atoms with Crippen molar-refractivity contribution in [1.29, 1.82) is 0 Å². The van der Waals surface area contributed by atoms with E-state index >= 15 is 0 Å². The SMILES string of the molecule is [CH]c1ccccc1OCc1ccc(C)cc1. The maximum atomic E-state index is 5.78. The van der Waals surface area contributed by atoms with Gasteiger partial charge in [-0.25, -0.2) is 0 Å². The summed E-state index contributed by atoms with van der Waals surface area (Å²) < 4.78 is 5.64. The molecular formula is C15H14O. The van der Waals surface area contributed by atoms with Crippen LogP contribution < -0.4 is 4.74 Å². The summed E-state index contributed by atoms with van der Waals surface area (Å²) in [6, 6.07) is 15.8. The summed E-state index contributed by atoms with van der Waals surface area (Å²) in [5.41, 5.74) is 3.08. The van der Waals surface area contributed by atoms with Crippen LogP contribution in [0, 0.1) is 13.8 Å². The van der Waals surface area contributed by atoms with Crippen LogP contribution in [0.15, 0.2) is 48.5 Å². The minimum Gasteiger partial charge on any atom is -0.489 e. The van der Waals surface area contributed by atoms with Crippen molar-refractivity contribution < 1.29 is 4.74 Å². The van der Waals surface area contributed by atoms with Crippen LogP contribution >= 0.6 is 0 Å². The summed E-state index contributed by atoms with van der Waals surface area (Å²) >= 11 is 0. The average Bonchev–Trinajstić information content (AvgIpc) is 2.30. The molecule has 0 aromatic heterocycles. The summed E-state index contributed by atoms with van der Waals surface area (Å²) in [6.07, 6.45) is 0. The minimum atomic E-state index is 0.550. The smallest absolute Gasteiger partial charge is 0.123 e. The lowest BCUT2D eigenvalue weighted by Gasteiger charge is -2.08. The van der Waals surface area contributed by atoms with E-state index in [9.17, 15) is 0 Å². The Morgan fingerprint density at radius 2 is 1.69 bits per heavy atom. The molecule has 16 heavy (non-hydrogen) atoms. The zero-order chi connectivity index (χ0) is 11.4. The molecule has 0 unspecified atom stereocenters. The minimum absolute atomic E-state index is 0.550. The molecule has 0 aliphatic carbocycles. The lowest BCUT2D eigenvalue weighted by atomic mass is 10.2. The van der Waals surface area contributed by atoms with Gasteiger partial charge in [-0.1, -0.05) is 48.0 Å². The fraction of sp³-hybridized carbons (Fsp3) is 0.133. The van der Waals surface area contributed by atoms with Crippen LogP contribution in [0.25, 0.3) is 0 Å². The molecule has 0 bridgehead atoms. The normalized spacial score (nSPS) is 10.1. The Morgan fingerprint density at radius 1 is 1.00 bits per heavy atom. The van der Waals surface area contributed by atoms with E-state index < -0.39 is 0 Å². The second kappa shape index (κ2) is 4.84. The number of hydrogen-bond donors (Lipinski definition) is 0. The van der Waals surface area contributed by atoms with Gasteiger partial charge >= 0.3 is 0 Å². The van der Waals surface area contributed by atoms with Gasteiger partial charge in [-0.2, -0.15) is 0 Å². The molecule has 1 nitrogen and oxygen atoms in total. The highest BCUT2D eigenvalue weighted by molar-refractivity contribution is 5.35. The quantitative estimate of drug-likeness (QED) is 0.751. The van der Waals surface area contributed by atoms with Gasteiger partial charge in [0.2, 0.25) is 0 Å². The van der Waals surface area contributed by atoms with Crippen molar-refractivity contribution >= 4 is 0 Å². The Labute approximate surface area is 96.7 Å². The number of aryl methyl sites for hydroxylation is 1. The van der Waals surface area contributed by atoms with Gasteiger partial charge in [-0.15, -0.1) is 0 Å². The average molecular weight is 210 g/mol. The van der Waals surface area contributed by atoms with Crippen LogP contribution in [0.1, 0.15) is 16.7 Å². The molecule has 0 atom stereocenters. The predicted molar refractivity (Wildman–Crippen MR) is 65.4 cm³/mol. The van der Waals surface area contributed by atoms with Gasteiger partial charge in [0.25, 0.3) is 0 Å². The van der Waals surface area contributed by atoms with E-state index in [2.05, 4.69) is 31.2 Å². The third-order valence-electron chi connectivity index (χ3n) is 2.43. The van der Waals surface area contributed by atoms with Crippen molar-refractivity contribution in [2.45, 2.75) is 13.5 Å². The molecule has 0 aliphatic rings. The number of hydrogen-bond acceptors (Lipinski definition) is 1. The number of para-hydroxylation sites is 1. The molecule has 0 aliphatic heterocycles. The van der Waals surface area contributed by atoms with Crippen LogP contribution in [-0.4, -0.2) is 0 Å². The third kappa shape index (κ3) is 2.63. The highest BCUT2D eigenvalue weighted by atomic mass is 16.5. The van der Waals surface area contributed by atoms with Crippen molar-refractivity contribution in [2.75, 3.05) is 0 Å².